The van der Waals surface area contributed by atoms with Crippen molar-refractivity contribution in [3.8, 4) is 0 Å². The molecular formula is C9H18N2. The maximum atomic E-state index is 5.72. The van der Waals surface area contributed by atoms with Crippen molar-refractivity contribution in [3.63, 3.8) is 0 Å². The summed E-state index contributed by atoms with van der Waals surface area (Å²) in [5, 5.41) is 0. The summed E-state index contributed by atoms with van der Waals surface area (Å²) >= 11 is 0. The molecule has 0 aromatic heterocycles. The first-order valence-electron chi connectivity index (χ1n) is 4.75. The zero-order chi connectivity index (χ0) is 7.84. The monoisotopic (exact) mass is 154 g/mol. The van der Waals surface area contributed by atoms with Gasteiger partial charge in [-0.05, 0) is 45.2 Å². The van der Waals surface area contributed by atoms with Gasteiger partial charge in [0.1, 0.15) is 0 Å². The lowest BCUT2D eigenvalue weighted by molar-refractivity contribution is 0.125. The van der Waals surface area contributed by atoms with Crippen molar-refractivity contribution in [2.45, 2.75) is 37.8 Å². The predicted octanol–water partition coefficient (Wildman–Crippen LogP) is 0.818. The van der Waals surface area contributed by atoms with Gasteiger partial charge in [0.2, 0.25) is 0 Å². The van der Waals surface area contributed by atoms with Crippen molar-refractivity contribution >= 4 is 0 Å². The van der Waals surface area contributed by atoms with Crippen LogP contribution in [0.25, 0.3) is 0 Å². The summed E-state index contributed by atoms with van der Waals surface area (Å²) < 4.78 is 0. The maximum Gasteiger partial charge on any atom is 0.0136 e. The highest BCUT2D eigenvalue weighted by Gasteiger charge is 2.38. The van der Waals surface area contributed by atoms with Crippen LogP contribution < -0.4 is 5.73 Å². The van der Waals surface area contributed by atoms with E-state index in [0.29, 0.717) is 0 Å². The largest absolute Gasteiger partial charge is 0.330 e. The second kappa shape index (κ2) is 2.76. The van der Waals surface area contributed by atoms with Crippen LogP contribution in [0.2, 0.25) is 0 Å². The van der Waals surface area contributed by atoms with Crippen LogP contribution in [-0.4, -0.2) is 30.6 Å². The van der Waals surface area contributed by atoms with Crippen LogP contribution >= 0.6 is 0 Å². The van der Waals surface area contributed by atoms with Gasteiger partial charge in [0, 0.05) is 12.1 Å². The first kappa shape index (κ1) is 7.56. The molecular weight excluding hydrogens is 136 g/mol. The van der Waals surface area contributed by atoms with Crippen LogP contribution in [0.3, 0.4) is 0 Å². The molecule has 2 rings (SSSR count). The maximum absolute atomic E-state index is 5.72. The Morgan fingerprint density at radius 3 is 2.73 bits per heavy atom. The van der Waals surface area contributed by atoms with E-state index in [9.17, 15) is 0 Å². The third-order valence-electron chi connectivity index (χ3n) is 3.61. The average Bonchev–Trinajstić information content (AvgIpc) is 2.31. The lowest BCUT2D eigenvalue weighted by atomic mass is 9.91. The van der Waals surface area contributed by atoms with Gasteiger partial charge in [0.15, 0.2) is 0 Å². The molecule has 0 spiro atoms. The second-order valence-corrected chi connectivity index (χ2v) is 4.04. The van der Waals surface area contributed by atoms with Crippen LogP contribution in [-0.2, 0) is 0 Å². The van der Waals surface area contributed by atoms with E-state index >= 15 is 0 Å². The number of fused-ring (bicyclic) bond motifs is 2. The lowest BCUT2D eigenvalue weighted by Crippen LogP contribution is -2.44. The van der Waals surface area contributed by atoms with Crippen molar-refractivity contribution in [3.05, 3.63) is 0 Å². The number of hydrogen-bond acceptors (Lipinski definition) is 2. The molecule has 0 radical (unpaired) electrons. The highest BCUT2D eigenvalue weighted by Crippen LogP contribution is 2.37. The molecule has 0 aromatic carbocycles. The summed E-state index contributed by atoms with van der Waals surface area (Å²) in [7, 11) is 2.27. The molecule has 2 fully saturated rings. The Morgan fingerprint density at radius 1 is 1.27 bits per heavy atom. The van der Waals surface area contributed by atoms with Crippen molar-refractivity contribution in [2.75, 3.05) is 13.6 Å². The standard InChI is InChI=1S/C9H18N2/c1-11-8-3-2-7(6-10)9(11)5-4-8/h7-9H,2-6,10H2,1H3. The predicted molar refractivity (Wildman–Crippen MR) is 46.4 cm³/mol. The molecule has 11 heavy (non-hydrogen) atoms. The minimum atomic E-state index is 0.791. The van der Waals surface area contributed by atoms with Gasteiger partial charge in [-0.3, -0.25) is 0 Å². The zero-order valence-electron chi connectivity index (χ0n) is 7.29. The van der Waals surface area contributed by atoms with E-state index in [-0.39, 0.29) is 0 Å². The van der Waals surface area contributed by atoms with Gasteiger partial charge in [0.25, 0.3) is 0 Å². The molecule has 2 N–H and O–H groups in total. The fourth-order valence-corrected chi connectivity index (χ4v) is 2.83. The van der Waals surface area contributed by atoms with E-state index < -0.39 is 0 Å². The molecule has 2 nitrogen and oxygen atoms in total. The third kappa shape index (κ3) is 1.09. The number of hydrogen-bond donors (Lipinski definition) is 1. The fraction of sp³-hybridized carbons (Fsp3) is 1.00. The zero-order valence-corrected chi connectivity index (χ0v) is 7.29. The van der Waals surface area contributed by atoms with Crippen molar-refractivity contribution in [2.24, 2.45) is 11.7 Å². The summed E-state index contributed by atoms with van der Waals surface area (Å²) in [6.45, 7) is 0.891. The van der Waals surface area contributed by atoms with Crippen LogP contribution in [0.15, 0.2) is 0 Å². The lowest BCUT2D eigenvalue weighted by Gasteiger charge is -2.36. The van der Waals surface area contributed by atoms with Crippen molar-refractivity contribution in [1.29, 1.82) is 0 Å². The topological polar surface area (TPSA) is 29.3 Å². The molecule has 2 heteroatoms. The van der Waals surface area contributed by atoms with Crippen LogP contribution in [0, 0.1) is 5.92 Å². The molecule has 0 aliphatic carbocycles. The first-order valence-corrected chi connectivity index (χ1v) is 4.75. The molecule has 2 aliphatic heterocycles. The summed E-state index contributed by atoms with van der Waals surface area (Å²) in [4.78, 5) is 2.56. The Kier molecular flexibility index (Phi) is 1.90. The summed E-state index contributed by atoms with van der Waals surface area (Å²) in [5.41, 5.74) is 5.72. The van der Waals surface area contributed by atoms with Crippen molar-refractivity contribution < 1.29 is 0 Å². The van der Waals surface area contributed by atoms with Gasteiger partial charge in [-0.15, -0.1) is 0 Å². The molecule has 0 saturated carbocycles. The Balaban J connectivity index is 2.08. The van der Waals surface area contributed by atoms with Gasteiger partial charge < -0.3 is 10.6 Å². The minimum Gasteiger partial charge on any atom is -0.330 e. The van der Waals surface area contributed by atoms with Gasteiger partial charge in [0.05, 0.1) is 0 Å². The van der Waals surface area contributed by atoms with Gasteiger partial charge >= 0.3 is 0 Å². The molecule has 0 aromatic rings. The number of nitrogens with zero attached hydrogens (tertiary/aromatic N) is 1. The van der Waals surface area contributed by atoms with Crippen LogP contribution in [0.5, 0.6) is 0 Å². The molecule has 3 unspecified atom stereocenters. The van der Waals surface area contributed by atoms with Gasteiger partial charge in [-0.2, -0.15) is 0 Å². The summed E-state index contributed by atoms with van der Waals surface area (Å²) in [6, 6.07) is 1.71. The summed E-state index contributed by atoms with van der Waals surface area (Å²) in [5.74, 6) is 0.791. The normalized spacial score (nSPS) is 44.7. The molecule has 2 aliphatic rings. The minimum absolute atomic E-state index is 0.791. The van der Waals surface area contributed by atoms with E-state index in [1.165, 1.54) is 25.7 Å². The highest BCUT2D eigenvalue weighted by atomic mass is 15.2. The van der Waals surface area contributed by atoms with E-state index in [1.54, 1.807) is 0 Å². The summed E-state index contributed by atoms with van der Waals surface area (Å²) in [6.07, 6.45) is 5.56. The van der Waals surface area contributed by atoms with Gasteiger partial charge in [-0.25, -0.2) is 0 Å². The van der Waals surface area contributed by atoms with E-state index in [1.807, 2.05) is 0 Å². The SMILES string of the molecule is CN1C2CCC(CN)C1CC2. The van der Waals surface area contributed by atoms with E-state index in [4.69, 9.17) is 5.73 Å². The molecule has 2 bridgehead atoms. The highest BCUT2D eigenvalue weighted by molar-refractivity contribution is 4.94. The average molecular weight is 154 g/mol. The molecule has 3 atom stereocenters. The van der Waals surface area contributed by atoms with Crippen molar-refractivity contribution in [1.82, 2.24) is 4.90 Å². The smallest absolute Gasteiger partial charge is 0.0136 e. The molecule has 64 valence electrons. The molecule has 2 saturated heterocycles. The molecule has 2 heterocycles. The fourth-order valence-electron chi connectivity index (χ4n) is 2.83. The Labute approximate surface area is 68.7 Å². The first-order chi connectivity index (χ1) is 5.33. The molecule has 0 amide bonds. The third-order valence-corrected chi connectivity index (χ3v) is 3.61. The Bertz CT molecular complexity index is 146. The van der Waals surface area contributed by atoms with Crippen LogP contribution in [0.1, 0.15) is 25.7 Å². The number of piperidine rings is 1. The Morgan fingerprint density at radius 2 is 2.00 bits per heavy atom. The Hall–Kier alpha value is -0.0800. The van der Waals surface area contributed by atoms with E-state index in [2.05, 4.69) is 11.9 Å². The number of rotatable bonds is 1. The second-order valence-electron chi connectivity index (χ2n) is 4.04. The van der Waals surface area contributed by atoms with E-state index in [0.717, 1.165) is 24.5 Å². The van der Waals surface area contributed by atoms with Crippen LogP contribution in [0.4, 0.5) is 0 Å². The van der Waals surface area contributed by atoms with Gasteiger partial charge in [-0.1, -0.05) is 0 Å². The quantitative estimate of drug-likeness (QED) is 0.606. The number of nitrogens with two attached hydrogens (primary N) is 1.